The Balaban J connectivity index is 2.28. The molecular formula is C5H7Cl2. The number of rotatable bonds is 2. The summed E-state index contributed by atoms with van der Waals surface area (Å²) in [6.45, 7) is 0. The topological polar surface area (TPSA) is 0 Å². The highest BCUT2D eigenvalue weighted by atomic mass is 35.5. The zero-order valence-electron chi connectivity index (χ0n) is 3.95. The summed E-state index contributed by atoms with van der Waals surface area (Å²) in [6, 6.07) is 0. The predicted octanol–water partition coefficient (Wildman–Crippen LogP) is 2.06. The Morgan fingerprint density at radius 2 is 1.86 bits per heavy atom. The Morgan fingerprint density at radius 3 is 1.86 bits per heavy atom. The summed E-state index contributed by atoms with van der Waals surface area (Å²) in [6.07, 6.45) is 3.27. The molecule has 0 nitrogen and oxygen atoms in total. The minimum Gasteiger partial charge on any atom is -0.126 e. The van der Waals surface area contributed by atoms with E-state index in [0.717, 1.165) is 6.42 Å². The highest BCUT2D eigenvalue weighted by molar-refractivity contribution is 6.22. The van der Waals surface area contributed by atoms with Crippen molar-refractivity contribution in [2.75, 3.05) is 11.8 Å². The van der Waals surface area contributed by atoms with Gasteiger partial charge < -0.3 is 0 Å². The largest absolute Gasteiger partial charge is 0.126 e. The van der Waals surface area contributed by atoms with Crippen LogP contribution in [0.15, 0.2) is 0 Å². The fraction of sp³-hybridized carbons (Fsp3) is 0.800. The van der Waals surface area contributed by atoms with E-state index in [2.05, 4.69) is 6.42 Å². The van der Waals surface area contributed by atoms with Gasteiger partial charge in [0.05, 0.1) is 0 Å². The number of alkyl halides is 2. The molecule has 0 atom stereocenters. The summed E-state index contributed by atoms with van der Waals surface area (Å²) >= 11 is 11.1. The summed E-state index contributed by atoms with van der Waals surface area (Å²) < 4.78 is 0. The van der Waals surface area contributed by atoms with E-state index in [1.165, 1.54) is 0 Å². The molecule has 1 aliphatic carbocycles. The maximum Gasteiger partial charge on any atom is 0.0294 e. The van der Waals surface area contributed by atoms with Crippen molar-refractivity contribution in [1.29, 1.82) is 0 Å². The average molecular weight is 138 g/mol. The third-order valence-electron chi connectivity index (χ3n) is 1.31. The average Bonchev–Trinajstić information content (AvgIpc) is 2.46. The summed E-state index contributed by atoms with van der Waals surface area (Å²) in [5.74, 6) is 1.38. The SMILES string of the molecule is ClCC1(CCl)[CH]C1. The highest BCUT2D eigenvalue weighted by Crippen LogP contribution is 2.45. The molecule has 0 saturated heterocycles. The summed E-state index contributed by atoms with van der Waals surface area (Å²) in [5, 5.41) is 0. The fourth-order valence-electron chi connectivity index (χ4n) is 0.398. The van der Waals surface area contributed by atoms with Crippen molar-refractivity contribution in [2.45, 2.75) is 6.42 Å². The van der Waals surface area contributed by atoms with E-state index in [1.54, 1.807) is 0 Å². The Morgan fingerprint density at radius 1 is 1.43 bits per heavy atom. The molecular weight excluding hydrogens is 131 g/mol. The Bertz CT molecular complexity index is 60.5. The lowest BCUT2D eigenvalue weighted by molar-refractivity contribution is 0.703. The smallest absolute Gasteiger partial charge is 0.0294 e. The van der Waals surface area contributed by atoms with Gasteiger partial charge in [0.2, 0.25) is 0 Å². The van der Waals surface area contributed by atoms with Gasteiger partial charge in [-0.3, -0.25) is 0 Å². The van der Waals surface area contributed by atoms with Crippen molar-refractivity contribution in [2.24, 2.45) is 5.41 Å². The standard InChI is InChI=1S/C5H7Cl2/c6-3-5(4-7)1-2-5/h1H,2-4H2. The number of hydrogen-bond donors (Lipinski definition) is 0. The maximum absolute atomic E-state index is 5.54. The van der Waals surface area contributed by atoms with E-state index in [0.29, 0.717) is 11.8 Å². The predicted molar refractivity (Wildman–Crippen MR) is 32.8 cm³/mol. The van der Waals surface area contributed by atoms with Crippen LogP contribution in [0.3, 0.4) is 0 Å². The molecule has 1 fully saturated rings. The Kier molecular flexibility index (Phi) is 1.49. The molecule has 0 bridgehead atoms. The van der Waals surface area contributed by atoms with Gasteiger partial charge >= 0.3 is 0 Å². The molecule has 1 saturated carbocycles. The first-order chi connectivity index (χ1) is 3.33. The van der Waals surface area contributed by atoms with Crippen LogP contribution < -0.4 is 0 Å². The minimum atomic E-state index is 0.239. The molecule has 0 aromatic rings. The van der Waals surface area contributed by atoms with Crippen LogP contribution >= 0.6 is 23.2 Å². The van der Waals surface area contributed by atoms with E-state index in [-0.39, 0.29) is 5.41 Å². The van der Waals surface area contributed by atoms with Crippen LogP contribution in [0, 0.1) is 11.8 Å². The van der Waals surface area contributed by atoms with Gasteiger partial charge in [0.1, 0.15) is 0 Å². The first-order valence-corrected chi connectivity index (χ1v) is 3.36. The van der Waals surface area contributed by atoms with Crippen LogP contribution in [-0.2, 0) is 0 Å². The molecule has 1 radical (unpaired) electrons. The van der Waals surface area contributed by atoms with Gasteiger partial charge in [-0.25, -0.2) is 0 Å². The Hall–Kier alpha value is 0.580. The molecule has 1 rings (SSSR count). The van der Waals surface area contributed by atoms with Crippen molar-refractivity contribution >= 4 is 23.2 Å². The van der Waals surface area contributed by atoms with Crippen LogP contribution in [0.1, 0.15) is 6.42 Å². The third-order valence-corrected chi connectivity index (χ3v) is 2.38. The molecule has 0 aromatic heterocycles. The third kappa shape index (κ3) is 1.03. The van der Waals surface area contributed by atoms with Gasteiger partial charge in [-0.1, -0.05) is 0 Å². The lowest BCUT2D eigenvalue weighted by atomic mass is 10.2. The molecule has 0 amide bonds. The second-order valence-corrected chi connectivity index (χ2v) is 2.57. The second-order valence-electron chi connectivity index (χ2n) is 2.04. The van der Waals surface area contributed by atoms with Gasteiger partial charge in [-0.05, 0) is 12.8 Å². The first kappa shape index (κ1) is 5.71. The van der Waals surface area contributed by atoms with E-state index < -0.39 is 0 Å². The normalized spacial score (nSPS) is 24.9. The molecule has 2 heteroatoms. The van der Waals surface area contributed by atoms with Crippen LogP contribution in [-0.4, -0.2) is 11.8 Å². The van der Waals surface area contributed by atoms with Crippen molar-refractivity contribution in [3.63, 3.8) is 0 Å². The van der Waals surface area contributed by atoms with E-state index in [1.807, 2.05) is 0 Å². The molecule has 0 aliphatic heterocycles. The molecule has 0 spiro atoms. The zero-order valence-corrected chi connectivity index (χ0v) is 5.47. The van der Waals surface area contributed by atoms with Crippen molar-refractivity contribution in [3.05, 3.63) is 6.42 Å². The summed E-state index contributed by atoms with van der Waals surface area (Å²) in [7, 11) is 0. The zero-order chi connectivity index (χ0) is 5.33. The van der Waals surface area contributed by atoms with Crippen LogP contribution in [0.25, 0.3) is 0 Å². The van der Waals surface area contributed by atoms with Crippen molar-refractivity contribution in [1.82, 2.24) is 0 Å². The number of halogens is 2. The van der Waals surface area contributed by atoms with Crippen LogP contribution in [0.5, 0.6) is 0 Å². The van der Waals surface area contributed by atoms with Crippen LogP contribution in [0.4, 0.5) is 0 Å². The van der Waals surface area contributed by atoms with Gasteiger partial charge in [0, 0.05) is 17.2 Å². The lowest BCUT2D eigenvalue weighted by Crippen LogP contribution is -2.02. The van der Waals surface area contributed by atoms with Gasteiger partial charge in [-0.2, -0.15) is 0 Å². The Labute approximate surface area is 53.8 Å². The van der Waals surface area contributed by atoms with E-state index >= 15 is 0 Å². The first-order valence-electron chi connectivity index (χ1n) is 2.29. The molecule has 0 heterocycles. The van der Waals surface area contributed by atoms with Crippen LogP contribution in [0.2, 0.25) is 0 Å². The van der Waals surface area contributed by atoms with Gasteiger partial charge in [0.25, 0.3) is 0 Å². The monoisotopic (exact) mass is 137 g/mol. The molecule has 0 aromatic carbocycles. The van der Waals surface area contributed by atoms with Gasteiger partial charge in [0.15, 0.2) is 0 Å². The molecule has 1 aliphatic rings. The lowest BCUT2D eigenvalue weighted by Gasteiger charge is -2.00. The number of hydrogen-bond acceptors (Lipinski definition) is 0. The molecule has 0 unspecified atom stereocenters. The molecule has 0 N–H and O–H groups in total. The quantitative estimate of drug-likeness (QED) is 0.512. The molecule has 41 valence electrons. The van der Waals surface area contributed by atoms with Crippen molar-refractivity contribution < 1.29 is 0 Å². The second kappa shape index (κ2) is 1.83. The maximum atomic E-state index is 5.54. The molecule has 7 heavy (non-hydrogen) atoms. The fourth-order valence-corrected chi connectivity index (χ4v) is 1.12. The van der Waals surface area contributed by atoms with E-state index in [9.17, 15) is 0 Å². The summed E-state index contributed by atoms with van der Waals surface area (Å²) in [5.41, 5.74) is 0.239. The minimum absolute atomic E-state index is 0.239. The van der Waals surface area contributed by atoms with E-state index in [4.69, 9.17) is 23.2 Å². The summed E-state index contributed by atoms with van der Waals surface area (Å²) in [4.78, 5) is 0. The highest BCUT2D eigenvalue weighted by Gasteiger charge is 2.40. The van der Waals surface area contributed by atoms with Crippen molar-refractivity contribution in [3.8, 4) is 0 Å². The van der Waals surface area contributed by atoms with Gasteiger partial charge in [-0.15, -0.1) is 23.2 Å².